The molecule has 0 bridgehead atoms. The van der Waals surface area contributed by atoms with Crippen molar-refractivity contribution in [1.29, 1.82) is 0 Å². The number of aliphatic carboxylic acids is 1. The standard InChI is InChI=1S/C24H24FNO3S.ClH/c1-17(24(27)28)26(2)13-14-29-22-12-11-19(18-7-4-3-5-8-18)15-23(22)30-21-10-6-9-20(25)16-21;/h3-12,15-17H,13-14H2,1-2H3,(H,27,28);1H. The quantitative estimate of drug-likeness (QED) is 0.433. The molecule has 0 saturated carbocycles. The lowest BCUT2D eigenvalue weighted by Gasteiger charge is -2.21. The minimum Gasteiger partial charge on any atom is -0.491 e. The zero-order valence-corrected chi connectivity index (χ0v) is 19.0. The van der Waals surface area contributed by atoms with Crippen LogP contribution in [0.5, 0.6) is 5.75 Å². The molecule has 0 amide bonds. The van der Waals surface area contributed by atoms with Crippen LogP contribution in [0.25, 0.3) is 11.1 Å². The summed E-state index contributed by atoms with van der Waals surface area (Å²) in [5.41, 5.74) is 2.12. The van der Waals surface area contributed by atoms with Gasteiger partial charge in [0.05, 0.1) is 4.90 Å². The molecule has 0 radical (unpaired) electrons. The summed E-state index contributed by atoms with van der Waals surface area (Å²) in [5.74, 6) is -0.474. The summed E-state index contributed by atoms with van der Waals surface area (Å²) >= 11 is 1.43. The van der Waals surface area contributed by atoms with Gasteiger partial charge in [0, 0.05) is 11.4 Å². The number of ether oxygens (including phenoxy) is 1. The second kappa shape index (κ2) is 11.7. The minimum absolute atomic E-state index is 0. The highest BCUT2D eigenvalue weighted by Crippen LogP contribution is 2.38. The van der Waals surface area contributed by atoms with E-state index in [0.29, 0.717) is 18.9 Å². The Labute approximate surface area is 192 Å². The van der Waals surface area contributed by atoms with Crippen LogP contribution in [0.1, 0.15) is 6.92 Å². The molecule has 1 unspecified atom stereocenters. The highest BCUT2D eigenvalue weighted by molar-refractivity contribution is 7.99. The fraction of sp³-hybridized carbons (Fsp3) is 0.208. The average Bonchev–Trinajstić information content (AvgIpc) is 2.74. The van der Waals surface area contributed by atoms with Crippen LogP contribution >= 0.6 is 24.2 Å². The number of carboxylic acids is 1. The fourth-order valence-electron chi connectivity index (χ4n) is 2.86. The van der Waals surface area contributed by atoms with E-state index in [0.717, 1.165) is 20.9 Å². The highest BCUT2D eigenvalue weighted by atomic mass is 35.5. The van der Waals surface area contributed by atoms with Crippen LogP contribution in [-0.4, -0.2) is 42.2 Å². The molecule has 3 aromatic rings. The first-order valence-electron chi connectivity index (χ1n) is 9.63. The first-order chi connectivity index (χ1) is 14.4. The van der Waals surface area contributed by atoms with E-state index < -0.39 is 12.0 Å². The minimum atomic E-state index is -0.868. The third-order valence-corrected chi connectivity index (χ3v) is 5.82. The van der Waals surface area contributed by atoms with E-state index in [2.05, 4.69) is 0 Å². The molecular weight excluding hydrogens is 437 g/mol. The van der Waals surface area contributed by atoms with Gasteiger partial charge in [-0.1, -0.05) is 54.2 Å². The van der Waals surface area contributed by atoms with Crippen LogP contribution in [0.15, 0.2) is 82.6 Å². The van der Waals surface area contributed by atoms with Crippen LogP contribution in [0.2, 0.25) is 0 Å². The summed E-state index contributed by atoms with van der Waals surface area (Å²) in [6, 6.07) is 21.8. The highest BCUT2D eigenvalue weighted by Gasteiger charge is 2.17. The van der Waals surface area contributed by atoms with Gasteiger partial charge in [-0.25, -0.2) is 4.39 Å². The number of hydrogen-bond acceptors (Lipinski definition) is 4. The first kappa shape index (κ1) is 24.7. The molecule has 0 aliphatic heterocycles. The van der Waals surface area contributed by atoms with Crippen molar-refractivity contribution in [2.75, 3.05) is 20.2 Å². The Balaban J connectivity index is 0.00000341. The van der Waals surface area contributed by atoms with Gasteiger partial charge in [0.1, 0.15) is 24.2 Å². The summed E-state index contributed by atoms with van der Waals surface area (Å²) in [6.07, 6.45) is 0. The molecule has 0 aliphatic carbocycles. The van der Waals surface area contributed by atoms with E-state index >= 15 is 0 Å². The van der Waals surface area contributed by atoms with Gasteiger partial charge in [0.25, 0.3) is 0 Å². The van der Waals surface area contributed by atoms with Crippen LogP contribution in [-0.2, 0) is 4.79 Å². The Morgan fingerprint density at radius 3 is 2.48 bits per heavy atom. The molecule has 0 aromatic heterocycles. The van der Waals surface area contributed by atoms with Crippen LogP contribution in [0.3, 0.4) is 0 Å². The lowest BCUT2D eigenvalue weighted by molar-refractivity contribution is -0.142. The molecule has 31 heavy (non-hydrogen) atoms. The van der Waals surface area contributed by atoms with E-state index in [1.165, 1.54) is 23.9 Å². The van der Waals surface area contributed by atoms with E-state index in [4.69, 9.17) is 9.84 Å². The summed E-state index contributed by atoms with van der Waals surface area (Å²) in [5, 5.41) is 9.12. The normalized spacial score (nSPS) is 11.6. The smallest absolute Gasteiger partial charge is 0.320 e. The Morgan fingerprint density at radius 1 is 1.06 bits per heavy atom. The molecule has 4 nitrogen and oxygen atoms in total. The number of nitrogens with zero attached hydrogens (tertiary/aromatic N) is 1. The maximum Gasteiger partial charge on any atom is 0.320 e. The number of rotatable bonds is 9. The first-order valence-corrected chi connectivity index (χ1v) is 10.4. The number of likely N-dealkylation sites (N-methyl/N-ethyl adjacent to an activating group) is 1. The van der Waals surface area contributed by atoms with E-state index in [-0.39, 0.29) is 18.2 Å². The third-order valence-electron chi connectivity index (χ3n) is 4.79. The van der Waals surface area contributed by atoms with Gasteiger partial charge in [0.2, 0.25) is 0 Å². The number of benzene rings is 3. The van der Waals surface area contributed by atoms with Crippen molar-refractivity contribution in [3.05, 3.63) is 78.6 Å². The van der Waals surface area contributed by atoms with Crippen molar-refractivity contribution in [3.8, 4) is 16.9 Å². The predicted molar refractivity (Wildman–Crippen MR) is 125 cm³/mol. The molecule has 3 rings (SSSR count). The third kappa shape index (κ3) is 6.99. The Hall–Kier alpha value is -2.54. The summed E-state index contributed by atoms with van der Waals surface area (Å²) in [7, 11) is 1.75. The summed E-state index contributed by atoms with van der Waals surface area (Å²) in [4.78, 5) is 14.5. The van der Waals surface area contributed by atoms with Gasteiger partial charge in [-0.2, -0.15) is 0 Å². The molecule has 1 N–H and O–H groups in total. The zero-order valence-electron chi connectivity index (χ0n) is 17.3. The van der Waals surface area contributed by atoms with Gasteiger partial charge in [-0.15, -0.1) is 12.4 Å². The Morgan fingerprint density at radius 2 is 1.81 bits per heavy atom. The number of carbonyl (C=O) groups is 1. The van der Waals surface area contributed by atoms with Gasteiger partial charge >= 0.3 is 5.97 Å². The second-order valence-electron chi connectivity index (χ2n) is 6.93. The number of carboxylic acid groups (broad SMARTS) is 1. The van der Waals surface area contributed by atoms with Crippen molar-refractivity contribution < 1.29 is 19.0 Å². The van der Waals surface area contributed by atoms with Crippen LogP contribution in [0, 0.1) is 5.82 Å². The van der Waals surface area contributed by atoms with Gasteiger partial charge in [-0.05, 0) is 55.4 Å². The predicted octanol–water partition coefficient (Wildman–Crippen LogP) is 5.85. The molecule has 0 fully saturated rings. The van der Waals surface area contributed by atoms with Gasteiger partial charge in [0.15, 0.2) is 0 Å². The summed E-state index contributed by atoms with van der Waals surface area (Å²) < 4.78 is 19.6. The maximum absolute atomic E-state index is 13.6. The molecule has 1 atom stereocenters. The maximum atomic E-state index is 13.6. The van der Waals surface area contributed by atoms with Crippen molar-refractivity contribution in [2.45, 2.75) is 22.8 Å². The number of halogens is 2. The molecular formula is C24H25ClFNO3S. The van der Waals surface area contributed by atoms with E-state index in [1.807, 2.05) is 54.6 Å². The largest absolute Gasteiger partial charge is 0.491 e. The van der Waals surface area contributed by atoms with Gasteiger partial charge < -0.3 is 9.84 Å². The van der Waals surface area contributed by atoms with E-state index in [1.54, 1.807) is 24.9 Å². The summed E-state index contributed by atoms with van der Waals surface area (Å²) in [6.45, 7) is 2.45. The zero-order chi connectivity index (χ0) is 21.5. The van der Waals surface area contributed by atoms with Crippen LogP contribution in [0.4, 0.5) is 4.39 Å². The SMILES string of the molecule is CC(C(=O)O)N(C)CCOc1ccc(-c2ccccc2)cc1Sc1cccc(F)c1.Cl. The average molecular weight is 462 g/mol. The molecule has 0 saturated heterocycles. The van der Waals surface area contributed by atoms with Crippen molar-refractivity contribution in [3.63, 3.8) is 0 Å². The molecule has 164 valence electrons. The Bertz CT molecular complexity index is 1000. The molecule has 0 aliphatic rings. The fourth-order valence-corrected chi connectivity index (χ4v) is 3.84. The lowest BCUT2D eigenvalue weighted by atomic mass is 10.1. The van der Waals surface area contributed by atoms with Crippen molar-refractivity contribution in [2.24, 2.45) is 0 Å². The molecule has 3 aromatic carbocycles. The Kier molecular flexibility index (Phi) is 9.37. The van der Waals surface area contributed by atoms with Crippen molar-refractivity contribution >= 4 is 30.1 Å². The monoisotopic (exact) mass is 461 g/mol. The van der Waals surface area contributed by atoms with Gasteiger partial charge in [-0.3, -0.25) is 9.69 Å². The van der Waals surface area contributed by atoms with E-state index in [9.17, 15) is 9.18 Å². The lowest BCUT2D eigenvalue weighted by Crippen LogP contribution is -2.38. The number of hydrogen-bond donors (Lipinski definition) is 1. The second-order valence-corrected chi connectivity index (χ2v) is 8.05. The topological polar surface area (TPSA) is 49.8 Å². The molecule has 0 spiro atoms. The molecule has 0 heterocycles. The molecule has 7 heteroatoms. The van der Waals surface area contributed by atoms with Crippen molar-refractivity contribution in [1.82, 2.24) is 4.90 Å². The van der Waals surface area contributed by atoms with Crippen LogP contribution < -0.4 is 4.74 Å².